The number of halogens is 4. The van der Waals surface area contributed by atoms with Crippen LogP contribution < -0.4 is 10.1 Å². The molecule has 1 aliphatic rings. The number of ether oxygens (including phenoxy) is 1. The van der Waals surface area contributed by atoms with E-state index in [2.05, 4.69) is 5.32 Å². The molecule has 1 heterocycles. The van der Waals surface area contributed by atoms with Gasteiger partial charge in [0.25, 0.3) is 0 Å². The van der Waals surface area contributed by atoms with Crippen molar-refractivity contribution in [3.05, 3.63) is 28.3 Å². The van der Waals surface area contributed by atoms with Crippen LogP contribution in [-0.2, 0) is 6.18 Å². The first-order valence-corrected chi connectivity index (χ1v) is 5.02. The predicted molar refractivity (Wildman–Crippen MR) is 53.7 cm³/mol. The van der Waals surface area contributed by atoms with E-state index in [0.717, 1.165) is 6.07 Å². The van der Waals surface area contributed by atoms with Gasteiger partial charge in [-0.05, 0) is 13.1 Å². The lowest BCUT2D eigenvalue weighted by Crippen LogP contribution is -2.17. The van der Waals surface area contributed by atoms with Gasteiger partial charge in [-0.15, -0.1) is 0 Å². The molecule has 2 nitrogen and oxygen atoms in total. The summed E-state index contributed by atoms with van der Waals surface area (Å²) in [6.07, 6.45) is -4.45. The molecule has 1 aliphatic heterocycles. The molecule has 0 saturated carbocycles. The van der Waals surface area contributed by atoms with Crippen LogP contribution in [0.2, 0.25) is 5.02 Å². The van der Waals surface area contributed by atoms with Gasteiger partial charge in [-0.2, -0.15) is 13.2 Å². The van der Waals surface area contributed by atoms with Gasteiger partial charge in [0.05, 0.1) is 16.6 Å². The zero-order valence-corrected chi connectivity index (χ0v) is 9.12. The van der Waals surface area contributed by atoms with Crippen molar-refractivity contribution in [1.29, 1.82) is 0 Å². The first kappa shape index (κ1) is 11.5. The Hall–Kier alpha value is -0.940. The number of hydrogen-bond donors (Lipinski definition) is 1. The van der Waals surface area contributed by atoms with Crippen LogP contribution in [0.4, 0.5) is 13.2 Å². The van der Waals surface area contributed by atoms with Gasteiger partial charge in [0.15, 0.2) is 0 Å². The predicted octanol–water partition coefficient (Wildman–Crippen LogP) is 3.01. The summed E-state index contributed by atoms with van der Waals surface area (Å²) in [5.74, 6) is 0.135. The van der Waals surface area contributed by atoms with Gasteiger partial charge >= 0.3 is 6.18 Å². The maximum Gasteiger partial charge on any atom is 0.417 e. The smallest absolute Gasteiger partial charge is 0.417 e. The lowest BCUT2D eigenvalue weighted by atomic mass is 10.1. The van der Waals surface area contributed by atoms with Gasteiger partial charge in [-0.25, -0.2) is 0 Å². The van der Waals surface area contributed by atoms with E-state index in [1.165, 1.54) is 6.07 Å². The van der Waals surface area contributed by atoms with Crippen LogP contribution in [0, 0.1) is 0 Å². The summed E-state index contributed by atoms with van der Waals surface area (Å²) in [7, 11) is 1.72. The van der Waals surface area contributed by atoms with E-state index >= 15 is 0 Å². The number of fused-ring (bicyclic) bond motifs is 1. The monoisotopic (exact) mass is 251 g/mol. The fraction of sp³-hybridized carbons (Fsp3) is 0.400. The second-order valence-electron chi connectivity index (χ2n) is 3.50. The number of benzene rings is 1. The van der Waals surface area contributed by atoms with E-state index in [1.807, 2.05) is 0 Å². The minimum Gasteiger partial charge on any atom is -0.490 e. The Bertz CT molecular complexity index is 419. The van der Waals surface area contributed by atoms with Gasteiger partial charge < -0.3 is 10.1 Å². The van der Waals surface area contributed by atoms with Gasteiger partial charge in [-0.1, -0.05) is 17.7 Å². The van der Waals surface area contributed by atoms with E-state index in [4.69, 9.17) is 16.3 Å². The van der Waals surface area contributed by atoms with Crippen molar-refractivity contribution in [3.8, 4) is 5.75 Å². The summed E-state index contributed by atoms with van der Waals surface area (Å²) in [6, 6.07) is 2.29. The van der Waals surface area contributed by atoms with Crippen molar-refractivity contribution in [3.63, 3.8) is 0 Å². The molecule has 88 valence electrons. The number of hydrogen-bond acceptors (Lipinski definition) is 2. The SMILES string of the molecule is CNC1COc2c1ccc(C(F)(F)F)c2Cl. The van der Waals surface area contributed by atoms with Crippen LogP contribution in [0.15, 0.2) is 12.1 Å². The fourth-order valence-electron chi connectivity index (χ4n) is 1.71. The van der Waals surface area contributed by atoms with Gasteiger partial charge in [0.1, 0.15) is 12.4 Å². The lowest BCUT2D eigenvalue weighted by Gasteiger charge is -2.12. The minimum atomic E-state index is -4.45. The molecular formula is C10H9ClF3NO. The van der Waals surface area contributed by atoms with E-state index in [1.54, 1.807) is 7.05 Å². The number of alkyl halides is 3. The Morgan fingerprint density at radius 3 is 2.69 bits per heavy atom. The average Bonchev–Trinajstić information content (AvgIpc) is 2.60. The first-order valence-electron chi connectivity index (χ1n) is 4.65. The number of nitrogens with one attached hydrogen (secondary N) is 1. The van der Waals surface area contributed by atoms with Crippen molar-refractivity contribution in [2.75, 3.05) is 13.7 Å². The molecule has 0 amide bonds. The third kappa shape index (κ3) is 1.74. The Kier molecular flexibility index (Phi) is 2.75. The van der Waals surface area contributed by atoms with Crippen LogP contribution in [0.5, 0.6) is 5.75 Å². The van der Waals surface area contributed by atoms with Crippen LogP contribution >= 0.6 is 11.6 Å². The summed E-state index contributed by atoms with van der Waals surface area (Å²) in [6.45, 7) is 0.298. The second kappa shape index (κ2) is 3.82. The van der Waals surface area contributed by atoms with E-state index in [9.17, 15) is 13.2 Å². The Balaban J connectivity index is 2.51. The van der Waals surface area contributed by atoms with Crippen molar-refractivity contribution in [2.45, 2.75) is 12.2 Å². The maximum atomic E-state index is 12.5. The highest BCUT2D eigenvalue weighted by Crippen LogP contribution is 2.45. The third-order valence-electron chi connectivity index (χ3n) is 2.55. The van der Waals surface area contributed by atoms with Crippen molar-refractivity contribution in [2.24, 2.45) is 0 Å². The van der Waals surface area contributed by atoms with Crippen LogP contribution in [-0.4, -0.2) is 13.7 Å². The molecule has 2 rings (SSSR count). The van der Waals surface area contributed by atoms with E-state index < -0.39 is 11.7 Å². The zero-order valence-electron chi connectivity index (χ0n) is 8.36. The summed E-state index contributed by atoms with van der Waals surface area (Å²) < 4.78 is 42.8. The summed E-state index contributed by atoms with van der Waals surface area (Å²) in [5, 5.41) is 2.58. The molecule has 1 aromatic carbocycles. The molecule has 1 atom stereocenters. The fourth-order valence-corrected chi connectivity index (χ4v) is 2.04. The van der Waals surface area contributed by atoms with Crippen LogP contribution in [0.3, 0.4) is 0 Å². The topological polar surface area (TPSA) is 21.3 Å². The van der Waals surface area contributed by atoms with E-state index in [-0.39, 0.29) is 16.8 Å². The molecule has 0 fully saturated rings. The minimum absolute atomic E-state index is 0.102. The number of rotatable bonds is 1. The van der Waals surface area contributed by atoms with Crippen molar-refractivity contribution >= 4 is 11.6 Å². The average molecular weight is 252 g/mol. The van der Waals surface area contributed by atoms with Crippen LogP contribution in [0.1, 0.15) is 17.2 Å². The lowest BCUT2D eigenvalue weighted by molar-refractivity contribution is -0.137. The molecule has 1 unspecified atom stereocenters. The molecule has 0 saturated heterocycles. The largest absolute Gasteiger partial charge is 0.490 e. The molecule has 1 N–H and O–H groups in total. The molecule has 0 aliphatic carbocycles. The molecular weight excluding hydrogens is 243 g/mol. The van der Waals surface area contributed by atoms with Gasteiger partial charge in [-0.3, -0.25) is 0 Å². The molecule has 0 bridgehead atoms. The summed E-state index contributed by atoms with van der Waals surface area (Å²) in [4.78, 5) is 0. The van der Waals surface area contributed by atoms with Crippen molar-refractivity contribution in [1.82, 2.24) is 5.32 Å². The van der Waals surface area contributed by atoms with Gasteiger partial charge in [0, 0.05) is 5.56 Å². The highest BCUT2D eigenvalue weighted by atomic mass is 35.5. The Labute approximate surface area is 95.3 Å². The highest BCUT2D eigenvalue weighted by molar-refractivity contribution is 6.33. The molecule has 0 aromatic heterocycles. The first-order chi connectivity index (χ1) is 7.45. The quantitative estimate of drug-likeness (QED) is 0.828. The maximum absolute atomic E-state index is 12.5. The van der Waals surface area contributed by atoms with E-state index in [0.29, 0.717) is 12.2 Å². The zero-order chi connectivity index (χ0) is 11.9. The van der Waals surface area contributed by atoms with Gasteiger partial charge in [0.2, 0.25) is 0 Å². The molecule has 16 heavy (non-hydrogen) atoms. The molecule has 6 heteroatoms. The highest BCUT2D eigenvalue weighted by Gasteiger charge is 2.37. The molecule has 0 radical (unpaired) electrons. The van der Waals surface area contributed by atoms with Crippen LogP contribution in [0.25, 0.3) is 0 Å². The Morgan fingerprint density at radius 2 is 2.12 bits per heavy atom. The van der Waals surface area contributed by atoms with Crippen molar-refractivity contribution < 1.29 is 17.9 Å². The molecule has 1 aromatic rings. The Morgan fingerprint density at radius 1 is 1.44 bits per heavy atom. The second-order valence-corrected chi connectivity index (χ2v) is 3.87. The third-order valence-corrected chi connectivity index (χ3v) is 2.93. The number of likely N-dealkylation sites (N-methyl/N-ethyl adjacent to an activating group) is 1. The molecule has 0 spiro atoms. The normalized spacial score (nSPS) is 19.4. The summed E-state index contributed by atoms with van der Waals surface area (Å²) >= 11 is 5.69. The summed E-state index contributed by atoms with van der Waals surface area (Å²) in [5.41, 5.74) is -0.190. The standard InChI is InChI=1S/C10H9ClF3NO/c1-15-7-4-16-9-5(7)2-3-6(8(9)11)10(12,13)14/h2-3,7,15H,4H2,1H3.